The van der Waals surface area contributed by atoms with Crippen LogP contribution in [-0.4, -0.2) is 24.5 Å². The number of ether oxygens (including phenoxy) is 1. The number of rotatable bonds is 7. The van der Waals surface area contributed by atoms with Gasteiger partial charge in [-0.25, -0.2) is 4.79 Å². The molecule has 7 nitrogen and oxygen atoms in total. The van der Waals surface area contributed by atoms with E-state index < -0.39 is 30.2 Å². The zero-order chi connectivity index (χ0) is 21.8. The number of aliphatic carboxylic acids is 1. The molecule has 0 saturated heterocycles. The second-order valence-electron chi connectivity index (χ2n) is 6.87. The maximum absolute atomic E-state index is 12.2. The number of carbonyl (C=O) groups excluding carboxylic acids is 2. The number of nitrogens with one attached hydrogen (secondary N) is 1. The minimum atomic E-state index is -1.41. The molecule has 0 fully saturated rings. The lowest BCUT2D eigenvalue weighted by Gasteiger charge is -2.20. The van der Waals surface area contributed by atoms with Crippen molar-refractivity contribution in [1.29, 1.82) is 0 Å². The van der Waals surface area contributed by atoms with Crippen molar-refractivity contribution >= 4 is 34.4 Å². The van der Waals surface area contributed by atoms with Crippen LogP contribution >= 0.6 is 11.6 Å². The van der Waals surface area contributed by atoms with E-state index in [-0.39, 0.29) is 6.42 Å². The van der Waals surface area contributed by atoms with Crippen LogP contribution in [-0.2, 0) is 16.0 Å². The number of aryl methyl sites for hydroxylation is 2. The monoisotopic (exact) mass is 428 g/mol. The summed E-state index contributed by atoms with van der Waals surface area (Å²) in [6.07, 6.45) is 0.0463. The highest BCUT2D eigenvalue weighted by Crippen LogP contribution is 2.28. The molecule has 0 unspecified atom stereocenters. The van der Waals surface area contributed by atoms with E-state index >= 15 is 0 Å². The van der Waals surface area contributed by atoms with E-state index in [4.69, 9.17) is 20.8 Å². The summed E-state index contributed by atoms with van der Waals surface area (Å²) in [4.78, 5) is 35.3. The van der Waals surface area contributed by atoms with Crippen LogP contribution in [0.5, 0.6) is 5.75 Å². The minimum Gasteiger partial charge on any atom is -0.548 e. The summed E-state index contributed by atoms with van der Waals surface area (Å²) in [7, 11) is 0. The average Bonchev–Trinajstić information content (AvgIpc) is 2.69. The minimum absolute atomic E-state index is 0.0463. The van der Waals surface area contributed by atoms with Crippen molar-refractivity contribution < 1.29 is 23.8 Å². The number of fused-ring (bicyclic) bond motifs is 1. The molecule has 2 aromatic carbocycles. The summed E-state index contributed by atoms with van der Waals surface area (Å²) in [5, 5.41) is 15.1. The zero-order valence-corrected chi connectivity index (χ0v) is 17.1. The SMILES string of the molecule is Cc1cc(=O)oc2c(C)c(OCC(=O)N[C@@H](Cc3ccc(Cl)cc3)C(=O)[O-])ccc12. The molecule has 0 aliphatic rings. The molecular weight excluding hydrogens is 410 g/mol. The van der Waals surface area contributed by atoms with Crippen LogP contribution in [0, 0.1) is 13.8 Å². The molecular formula is C22H19ClNO6-. The first-order valence-electron chi connectivity index (χ1n) is 9.16. The van der Waals surface area contributed by atoms with Crippen LogP contribution < -0.4 is 20.8 Å². The highest BCUT2D eigenvalue weighted by Gasteiger charge is 2.16. The van der Waals surface area contributed by atoms with Gasteiger partial charge in [-0.3, -0.25) is 4.79 Å². The lowest BCUT2D eigenvalue weighted by atomic mass is 10.1. The summed E-state index contributed by atoms with van der Waals surface area (Å²) in [5.74, 6) is -1.67. The molecule has 1 atom stereocenters. The molecule has 0 spiro atoms. The maximum Gasteiger partial charge on any atom is 0.336 e. The molecule has 0 bridgehead atoms. The molecule has 0 aliphatic carbocycles. The second kappa shape index (κ2) is 9.00. The number of halogens is 1. The third kappa shape index (κ3) is 4.99. The number of benzene rings is 2. The fourth-order valence-corrected chi connectivity index (χ4v) is 3.21. The summed E-state index contributed by atoms with van der Waals surface area (Å²) in [5.41, 5.74) is 1.93. The molecule has 3 rings (SSSR count). The Morgan fingerprint density at radius 1 is 1.17 bits per heavy atom. The topological polar surface area (TPSA) is 109 Å². The molecule has 8 heteroatoms. The first kappa shape index (κ1) is 21.4. The van der Waals surface area contributed by atoms with Gasteiger partial charge in [0.15, 0.2) is 6.61 Å². The lowest BCUT2D eigenvalue weighted by molar-refractivity contribution is -0.308. The van der Waals surface area contributed by atoms with E-state index in [1.807, 2.05) is 0 Å². The first-order valence-corrected chi connectivity index (χ1v) is 9.54. The van der Waals surface area contributed by atoms with Crippen LogP contribution in [0.2, 0.25) is 5.02 Å². The van der Waals surface area contributed by atoms with E-state index in [1.54, 1.807) is 50.2 Å². The highest BCUT2D eigenvalue weighted by molar-refractivity contribution is 6.30. The van der Waals surface area contributed by atoms with Gasteiger partial charge in [-0.2, -0.15) is 0 Å². The van der Waals surface area contributed by atoms with Crippen LogP contribution in [0.4, 0.5) is 0 Å². The summed E-state index contributed by atoms with van der Waals surface area (Å²) >= 11 is 5.82. The number of carboxylic acid groups (broad SMARTS) is 1. The van der Waals surface area contributed by atoms with Gasteiger partial charge in [0, 0.05) is 22.0 Å². The molecule has 1 amide bonds. The Hall–Kier alpha value is -3.32. The largest absolute Gasteiger partial charge is 0.548 e. The summed E-state index contributed by atoms with van der Waals surface area (Å²) in [6.45, 7) is 3.10. The van der Waals surface area contributed by atoms with Gasteiger partial charge in [0.25, 0.3) is 5.91 Å². The molecule has 3 aromatic rings. The Bertz CT molecular complexity index is 1150. The number of carboxylic acids is 1. The Morgan fingerprint density at radius 3 is 2.53 bits per heavy atom. The van der Waals surface area contributed by atoms with Crippen LogP contribution in [0.15, 0.2) is 51.7 Å². The van der Waals surface area contributed by atoms with Gasteiger partial charge in [0.2, 0.25) is 0 Å². The van der Waals surface area contributed by atoms with Crippen molar-refractivity contribution in [3.63, 3.8) is 0 Å². The number of carbonyl (C=O) groups is 2. The van der Waals surface area contributed by atoms with Crippen molar-refractivity contribution in [3.05, 3.63) is 74.6 Å². The van der Waals surface area contributed by atoms with Crippen molar-refractivity contribution in [2.75, 3.05) is 6.61 Å². The fourth-order valence-electron chi connectivity index (χ4n) is 3.09. The predicted molar refractivity (Wildman–Crippen MR) is 110 cm³/mol. The fraction of sp³-hybridized carbons (Fsp3) is 0.227. The smallest absolute Gasteiger partial charge is 0.336 e. The Kier molecular flexibility index (Phi) is 6.42. The lowest BCUT2D eigenvalue weighted by Crippen LogP contribution is -2.50. The van der Waals surface area contributed by atoms with Crippen molar-refractivity contribution in [1.82, 2.24) is 5.32 Å². The zero-order valence-electron chi connectivity index (χ0n) is 16.4. The van der Waals surface area contributed by atoms with Gasteiger partial charge < -0.3 is 24.4 Å². The van der Waals surface area contributed by atoms with Crippen molar-refractivity contribution in [2.45, 2.75) is 26.3 Å². The standard InChI is InChI=1S/C22H20ClNO6/c1-12-9-20(26)30-21-13(2)18(8-7-16(12)21)29-11-19(25)24-17(22(27)28)10-14-3-5-15(23)6-4-14/h3-9,17H,10-11H2,1-2H3,(H,24,25)(H,27,28)/p-1/t17-/m0/s1. The number of hydrogen-bond acceptors (Lipinski definition) is 6. The summed E-state index contributed by atoms with van der Waals surface area (Å²) < 4.78 is 10.8. The first-order chi connectivity index (χ1) is 14.2. The molecule has 30 heavy (non-hydrogen) atoms. The van der Waals surface area contributed by atoms with E-state index in [0.717, 1.165) is 10.9 Å². The predicted octanol–water partition coefficient (Wildman–Crippen LogP) is 1.92. The van der Waals surface area contributed by atoms with Crippen molar-refractivity contribution in [3.8, 4) is 5.75 Å². The summed E-state index contributed by atoms with van der Waals surface area (Å²) in [6, 6.07) is 10.2. The Morgan fingerprint density at radius 2 is 1.87 bits per heavy atom. The van der Waals surface area contributed by atoms with Gasteiger partial charge in [-0.05, 0) is 55.7 Å². The van der Waals surface area contributed by atoms with Gasteiger partial charge >= 0.3 is 5.63 Å². The molecule has 0 aliphatic heterocycles. The van der Waals surface area contributed by atoms with Crippen LogP contribution in [0.3, 0.4) is 0 Å². The Labute approximate surface area is 177 Å². The normalized spacial score (nSPS) is 11.8. The van der Waals surface area contributed by atoms with Gasteiger partial charge in [-0.1, -0.05) is 23.7 Å². The van der Waals surface area contributed by atoms with Gasteiger partial charge in [0.05, 0.1) is 12.0 Å². The Balaban J connectivity index is 1.68. The molecule has 1 heterocycles. The van der Waals surface area contributed by atoms with Crippen LogP contribution in [0.1, 0.15) is 16.7 Å². The number of hydrogen-bond donors (Lipinski definition) is 1. The van der Waals surface area contributed by atoms with Gasteiger partial charge in [-0.15, -0.1) is 0 Å². The molecule has 0 radical (unpaired) electrons. The van der Waals surface area contributed by atoms with E-state index in [2.05, 4.69) is 5.32 Å². The average molecular weight is 429 g/mol. The van der Waals surface area contributed by atoms with E-state index in [0.29, 0.717) is 27.5 Å². The van der Waals surface area contributed by atoms with E-state index in [1.165, 1.54) is 6.07 Å². The van der Waals surface area contributed by atoms with Crippen molar-refractivity contribution in [2.24, 2.45) is 0 Å². The maximum atomic E-state index is 12.2. The third-order valence-corrected chi connectivity index (χ3v) is 4.90. The molecule has 1 aromatic heterocycles. The quantitative estimate of drug-likeness (QED) is 0.576. The third-order valence-electron chi connectivity index (χ3n) is 4.65. The molecule has 156 valence electrons. The number of amides is 1. The van der Waals surface area contributed by atoms with Crippen LogP contribution in [0.25, 0.3) is 11.0 Å². The molecule has 0 saturated carbocycles. The van der Waals surface area contributed by atoms with E-state index in [9.17, 15) is 19.5 Å². The molecule has 1 N–H and O–H groups in total. The highest BCUT2D eigenvalue weighted by atomic mass is 35.5. The second-order valence-corrected chi connectivity index (χ2v) is 7.31. The van der Waals surface area contributed by atoms with Gasteiger partial charge in [0.1, 0.15) is 11.3 Å².